The zero-order chi connectivity index (χ0) is 12.7. The number of aliphatic carboxylic acids is 1. The molecule has 0 heterocycles. The van der Waals surface area contributed by atoms with Crippen molar-refractivity contribution in [3.05, 3.63) is 12.3 Å². The summed E-state index contributed by atoms with van der Waals surface area (Å²) in [6.45, 7) is 3.00. The Kier molecular flexibility index (Phi) is 1.32. The highest BCUT2D eigenvalue weighted by Crippen LogP contribution is 1.98. The molecule has 4 heteroatoms. The molecule has 10 heavy (non-hydrogen) atoms. The smallest absolute Gasteiger partial charge is 0.320 e. The first-order valence-electron chi connectivity index (χ1n) is 4.86. The topological polar surface area (TPSA) is 89.3 Å². The van der Waals surface area contributed by atoms with Crippen molar-refractivity contribution in [2.24, 2.45) is 11.5 Å². The molecule has 4 nitrogen and oxygen atoms in total. The SMILES string of the molecule is [2H]C([2H])(C(=C)N)C([2H])([2H])C([2H])(N)C(=O)O. The van der Waals surface area contributed by atoms with Gasteiger partial charge in [0, 0.05) is 11.2 Å². The van der Waals surface area contributed by atoms with Crippen molar-refractivity contribution in [1.82, 2.24) is 0 Å². The predicted octanol–water partition coefficient (Wildman–Crippen LogP) is -0.349. The number of nitrogens with two attached hydrogens (primary N) is 2. The quantitative estimate of drug-likeness (QED) is 0.509. The van der Waals surface area contributed by atoms with Gasteiger partial charge in [-0.15, -0.1) is 0 Å². The fourth-order valence-corrected chi connectivity index (χ4v) is 0.201. The standard InChI is InChI=1S/C6H12N2O2/c1-4(7)2-3-5(8)6(9)10/h5H,1-3,7-8H2,(H,9,10)/i2D2,3D2,5D. The second kappa shape index (κ2) is 3.90. The monoisotopic (exact) mass is 149 g/mol. The third-order valence-electron chi connectivity index (χ3n) is 0.588. The van der Waals surface area contributed by atoms with E-state index < -0.39 is 30.4 Å². The van der Waals surface area contributed by atoms with Gasteiger partial charge in [0.25, 0.3) is 0 Å². The zero-order valence-electron chi connectivity index (χ0n) is 10.2. The van der Waals surface area contributed by atoms with E-state index in [9.17, 15) is 4.79 Å². The van der Waals surface area contributed by atoms with Crippen molar-refractivity contribution in [2.75, 3.05) is 0 Å². The molecule has 0 radical (unpaired) electrons. The Hall–Kier alpha value is -1.03. The van der Waals surface area contributed by atoms with Gasteiger partial charge >= 0.3 is 5.97 Å². The summed E-state index contributed by atoms with van der Waals surface area (Å²) in [5, 5.41) is 8.53. The number of rotatable bonds is 4. The normalized spacial score (nSPS) is 25.9. The van der Waals surface area contributed by atoms with Gasteiger partial charge in [0.05, 0.1) is 1.37 Å². The number of carboxylic acids is 1. The summed E-state index contributed by atoms with van der Waals surface area (Å²) in [7, 11) is 0. The summed E-state index contributed by atoms with van der Waals surface area (Å²) in [6.07, 6.45) is -6.13. The molecule has 0 amide bonds. The predicted molar refractivity (Wildman–Crippen MR) is 38.2 cm³/mol. The maximum Gasteiger partial charge on any atom is 0.320 e. The first-order chi connectivity index (χ1) is 6.39. The Balaban J connectivity index is 5.50. The van der Waals surface area contributed by atoms with Crippen LogP contribution in [0.3, 0.4) is 0 Å². The summed E-state index contributed by atoms with van der Waals surface area (Å²) in [4.78, 5) is 10.5. The molecular weight excluding hydrogens is 132 g/mol. The Morgan fingerprint density at radius 1 is 2.00 bits per heavy atom. The van der Waals surface area contributed by atoms with Crippen LogP contribution in [0.4, 0.5) is 0 Å². The van der Waals surface area contributed by atoms with Gasteiger partial charge in [-0.05, 0) is 12.7 Å². The van der Waals surface area contributed by atoms with Crippen molar-refractivity contribution >= 4 is 5.97 Å². The highest BCUT2D eigenvalue weighted by Gasteiger charge is 2.09. The number of allylic oxidation sites excluding steroid dienone is 1. The van der Waals surface area contributed by atoms with Crippen LogP contribution in [-0.4, -0.2) is 17.1 Å². The molecule has 0 aromatic heterocycles. The minimum absolute atomic E-state index is 0.726. The number of hydrogen-bond acceptors (Lipinski definition) is 3. The van der Waals surface area contributed by atoms with Crippen molar-refractivity contribution in [1.29, 1.82) is 0 Å². The lowest BCUT2D eigenvalue weighted by Crippen LogP contribution is -2.30. The van der Waals surface area contributed by atoms with Crippen LogP contribution in [-0.2, 0) is 4.79 Å². The molecule has 0 aromatic carbocycles. The van der Waals surface area contributed by atoms with Crippen LogP contribution in [0.5, 0.6) is 0 Å². The number of hydrogen-bond donors (Lipinski definition) is 3. The molecule has 1 unspecified atom stereocenters. The van der Waals surface area contributed by atoms with Gasteiger partial charge in [-0.3, -0.25) is 4.79 Å². The fourth-order valence-electron chi connectivity index (χ4n) is 0.201. The molecule has 0 saturated heterocycles. The maximum absolute atomic E-state index is 10.5. The van der Waals surface area contributed by atoms with E-state index in [2.05, 4.69) is 6.58 Å². The summed E-state index contributed by atoms with van der Waals surface area (Å²) in [5.41, 5.74) is 9.20. The highest BCUT2D eigenvalue weighted by molar-refractivity contribution is 5.72. The third kappa shape index (κ3) is 3.91. The van der Waals surface area contributed by atoms with E-state index in [4.69, 9.17) is 23.4 Å². The van der Waals surface area contributed by atoms with Crippen molar-refractivity contribution in [2.45, 2.75) is 18.8 Å². The summed E-state index contributed by atoms with van der Waals surface area (Å²) in [5.74, 6) is -1.99. The van der Waals surface area contributed by atoms with Gasteiger partial charge in [0.15, 0.2) is 0 Å². The molecule has 1 atom stereocenters. The summed E-state index contributed by atoms with van der Waals surface area (Å²) >= 11 is 0. The lowest BCUT2D eigenvalue weighted by Gasteiger charge is -2.04. The molecule has 0 aliphatic heterocycles. The van der Waals surface area contributed by atoms with E-state index in [0.717, 1.165) is 0 Å². The zero-order valence-corrected chi connectivity index (χ0v) is 5.22. The number of carboxylic acid groups (broad SMARTS) is 1. The van der Waals surface area contributed by atoms with Gasteiger partial charge < -0.3 is 16.6 Å². The fraction of sp³-hybridized carbons (Fsp3) is 0.500. The minimum atomic E-state index is -3.21. The lowest BCUT2D eigenvalue weighted by molar-refractivity contribution is -0.138. The summed E-state index contributed by atoms with van der Waals surface area (Å²) < 4.78 is 36.1. The molecule has 0 aromatic rings. The van der Waals surface area contributed by atoms with E-state index >= 15 is 0 Å². The molecular formula is C6H12N2O2. The van der Waals surface area contributed by atoms with E-state index in [0.29, 0.717) is 0 Å². The molecule has 0 aliphatic carbocycles. The van der Waals surface area contributed by atoms with Gasteiger partial charge in [-0.1, -0.05) is 6.58 Å². The molecule has 0 spiro atoms. The molecule has 5 N–H and O–H groups in total. The first kappa shape index (κ1) is 3.39. The molecule has 58 valence electrons. The molecule has 0 saturated carbocycles. The lowest BCUT2D eigenvalue weighted by atomic mass is 10.1. The molecule has 0 aliphatic rings. The average Bonchev–Trinajstić information content (AvgIpc) is 2.02. The number of carbonyl (C=O) groups is 1. The first-order valence-corrected chi connectivity index (χ1v) is 2.36. The van der Waals surface area contributed by atoms with Gasteiger partial charge in [-0.25, -0.2) is 0 Å². The highest BCUT2D eigenvalue weighted by atomic mass is 16.4. The van der Waals surface area contributed by atoms with Crippen molar-refractivity contribution in [3.8, 4) is 0 Å². The minimum Gasteiger partial charge on any atom is -0.480 e. The Morgan fingerprint density at radius 2 is 2.50 bits per heavy atom. The second-order valence-electron chi connectivity index (χ2n) is 1.49. The van der Waals surface area contributed by atoms with Crippen LogP contribution in [0.1, 0.15) is 19.6 Å². The molecule has 0 fully saturated rings. The van der Waals surface area contributed by atoms with Gasteiger partial charge in [0.1, 0.15) is 6.02 Å². The second-order valence-corrected chi connectivity index (χ2v) is 1.49. The Bertz CT molecular complexity index is 274. The largest absolute Gasteiger partial charge is 0.480 e. The third-order valence-corrected chi connectivity index (χ3v) is 0.588. The van der Waals surface area contributed by atoms with Crippen LogP contribution >= 0.6 is 0 Å². The Labute approximate surface area is 66.5 Å². The van der Waals surface area contributed by atoms with Crippen LogP contribution in [0, 0.1) is 0 Å². The molecule has 0 bridgehead atoms. The van der Waals surface area contributed by atoms with Crippen molar-refractivity contribution < 1.29 is 16.8 Å². The van der Waals surface area contributed by atoms with Gasteiger partial charge in [-0.2, -0.15) is 0 Å². The van der Waals surface area contributed by atoms with Crippen LogP contribution in [0.2, 0.25) is 0 Å². The van der Waals surface area contributed by atoms with Gasteiger partial charge in [0.2, 0.25) is 0 Å². The van der Waals surface area contributed by atoms with E-state index in [1.807, 2.05) is 0 Å². The van der Waals surface area contributed by atoms with E-state index in [1.54, 1.807) is 0 Å². The van der Waals surface area contributed by atoms with E-state index in [-0.39, 0.29) is 0 Å². The maximum atomic E-state index is 10.5. The van der Waals surface area contributed by atoms with Crippen LogP contribution in [0.15, 0.2) is 12.3 Å². The van der Waals surface area contributed by atoms with Crippen LogP contribution < -0.4 is 11.5 Å². The summed E-state index contributed by atoms with van der Waals surface area (Å²) in [6, 6.07) is -3.15. The van der Waals surface area contributed by atoms with Crippen LogP contribution in [0.25, 0.3) is 0 Å². The average molecular weight is 149 g/mol. The van der Waals surface area contributed by atoms with E-state index in [1.165, 1.54) is 0 Å². The molecule has 0 rings (SSSR count). The Morgan fingerprint density at radius 3 is 2.80 bits per heavy atom. The van der Waals surface area contributed by atoms with Crippen molar-refractivity contribution in [3.63, 3.8) is 0 Å².